The molecule has 1 heterocycles. The molecule has 21 heavy (non-hydrogen) atoms. The lowest BCUT2D eigenvalue weighted by Gasteiger charge is -2.40. The molecule has 0 unspecified atom stereocenters. The number of nitrogens with two attached hydrogens (primary N) is 1. The topological polar surface area (TPSA) is 29.3 Å². The fraction of sp³-hybridized carbons (Fsp3) is 0.684. The summed E-state index contributed by atoms with van der Waals surface area (Å²) in [7, 11) is 2.24. The summed E-state index contributed by atoms with van der Waals surface area (Å²) in [6, 6.07) is 9.22. The van der Waals surface area contributed by atoms with Crippen LogP contribution in [-0.4, -0.2) is 31.6 Å². The summed E-state index contributed by atoms with van der Waals surface area (Å²) < 4.78 is 0. The molecule has 1 aromatic rings. The van der Waals surface area contributed by atoms with E-state index in [9.17, 15) is 0 Å². The van der Waals surface area contributed by atoms with Gasteiger partial charge in [0.1, 0.15) is 0 Å². The molecule has 1 aliphatic carbocycles. The molecule has 2 heteroatoms. The maximum absolute atomic E-state index is 6.28. The Hall–Kier alpha value is -0.860. The smallest absolute Gasteiger partial charge is 0.00783 e. The third-order valence-corrected chi connectivity index (χ3v) is 5.89. The van der Waals surface area contributed by atoms with Crippen LogP contribution in [0.15, 0.2) is 24.3 Å². The number of nitrogens with zero attached hydrogens (tertiary/aromatic N) is 1. The highest BCUT2D eigenvalue weighted by Crippen LogP contribution is 2.43. The van der Waals surface area contributed by atoms with Crippen molar-refractivity contribution in [2.45, 2.75) is 56.3 Å². The van der Waals surface area contributed by atoms with E-state index >= 15 is 0 Å². The van der Waals surface area contributed by atoms with Gasteiger partial charge in [0.05, 0.1) is 0 Å². The average Bonchev–Trinajstić information content (AvgIpc) is 2.56. The Kier molecular flexibility index (Phi) is 4.66. The van der Waals surface area contributed by atoms with Gasteiger partial charge in [-0.2, -0.15) is 0 Å². The van der Waals surface area contributed by atoms with Gasteiger partial charge in [-0.15, -0.1) is 0 Å². The number of hydrogen-bond donors (Lipinski definition) is 1. The number of hydrogen-bond acceptors (Lipinski definition) is 2. The summed E-state index contributed by atoms with van der Waals surface area (Å²) >= 11 is 0. The Morgan fingerprint density at radius 2 is 1.76 bits per heavy atom. The summed E-state index contributed by atoms with van der Waals surface area (Å²) in [6.45, 7) is 3.28. The summed E-state index contributed by atoms with van der Waals surface area (Å²) in [6.07, 6.45) is 9.25. The normalized spacial score (nSPS) is 24.1. The molecule has 2 N–H and O–H groups in total. The molecule has 0 amide bonds. The molecule has 2 nitrogen and oxygen atoms in total. The van der Waals surface area contributed by atoms with Crippen LogP contribution < -0.4 is 5.73 Å². The highest BCUT2D eigenvalue weighted by molar-refractivity contribution is 5.38. The SMILES string of the molecule is CN1CCC(c2ccccc2C2(CN)CCCCC2)CC1. The first-order chi connectivity index (χ1) is 10.2. The first-order valence-corrected chi connectivity index (χ1v) is 8.73. The first kappa shape index (κ1) is 15.1. The molecule has 2 aliphatic rings. The van der Waals surface area contributed by atoms with Crippen LogP contribution in [0, 0.1) is 0 Å². The third kappa shape index (κ3) is 3.02. The van der Waals surface area contributed by atoms with Gasteiger partial charge in [-0.3, -0.25) is 0 Å². The molecule has 0 aromatic heterocycles. The minimum absolute atomic E-state index is 0.262. The molecular weight excluding hydrogens is 256 g/mol. The van der Waals surface area contributed by atoms with Crippen LogP contribution in [0.4, 0.5) is 0 Å². The van der Waals surface area contributed by atoms with Crippen molar-refractivity contribution < 1.29 is 0 Å². The number of benzene rings is 1. The van der Waals surface area contributed by atoms with E-state index in [-0.39, 0.29) is 5.41 Å². The molecule has 0 radical (unpaired) electrons. The third-order valence-electron chi connectivity index (χ3n) is 5.89. The van der Waals surface area contributed by atoms with E-state index in [1.165, 1.54) is 58.0 Å². The largest absolute Gasteiger partial charge is 0.330 e. The molecule has 116 valence electrons. The second-order valence-corrected chi connectivity index (χ2v) is 7.21. The highest BCUT2D eigenvalue weighted by atomic mass is 15.1. The van der Waals surface area contributed by atoms with Crippen LogP contribution in [0.2, 0.25) is 0 Å². The van der Waals surface area contributed by atoms with E-state index in [1.807, 2.05) is 0 Å². The number of likely N-dealkylation sites (tertiary alicyclic amines) is 1. The van der Waals surface area contributed by atoms with Crippen molar-refractivity contribution in [1.82, 2.24) is 4.90 Å². The van der Waals surface area contributed by atoms with Gasteiger partial charge in [-0.05, 0) is 62.9 Å². The Morgan fingerprint density at radius 1 is 1.10 bits per heavy atom. The van der Waals surface area contributed by atoms with Gasteiger partial charge in [0.15, 0.2) is 0 Å². The number of rotatable bonds is 3. The summed E-state index contributed by atoms with van der Waals surface area (Å²) in [5.41, 5.74) is 9.74. The van der Waals surface area contributed by atoms with Gasteiger partial charge in [0.2, 0.25) is 0 Å². The zero-order valence-corrected chi connectivity index (χ0v) is 13.5. The summed E-state index contributed by atoms with van der Waals surface area (Å²) in [5.74, 6) is 0.739. The molecule has 1 saturated carbocycles. The fourth-order valence-electron chi connectivity index (χ4n) is 4.47. The van der Waals surface area contributed by atoms with Crippen LogP contribution in [-0.2, 0) is 5.41 Å². The predicted octanol–water partition coefficient (Wildman–Crippen LogP) is 3.66. The lowest BCUT2D eigenvalue weighted by molar-refractivity contribution is 0.250. The zero-order chi connectivity index (χ0) is 14.7. The molecule has 2 fully saturated rings. The molecule has 0 bridgehead atoms. The molecule has 1 aliphatic heterocycles. The second-order valence-electron chi connectivity index (χ2n) is 7.21. The zero-order valence-electron chi connectivity index (χ0n) is 13.5. The Balaban J connectivity index is 1.91. The maximum atomic E-state index is 6.28. The van der Waals surface area contributed by atoms with Crippen LogP contribution in [0.25, 0.3) is 0 Å². The quantitative estimate of drug-likeness (QED) is 0.919. The Morgan fingerprint density at radius 3 is 2.43 bits per heavy atom. The van der Waals surface area contributed by atoms with E-state index in [0.29, 0.717) is 0 Å². The van der Waals surface area contributed by atoms with Crippen molar-refractivity contribution in [2.24, 2.45) is 5.73 Å². The van der Waals surface area contributed by atoms with Crippen LogP contribution in [0.1, 0.15) is 62.0 Å². The van der Waals surface area contributed by atoms with Crippen molar-refractivity contribution in [2.75, 3.05) is 26.7 Å². The number of piperidine rings is 1. The average molecular weight is 286 g/mol. The van der Waals surface area contributed by atoms with Crippen LogP contribution in [0.3, 0.4) is 0 Å². The van der Waals surface area contributed by atoms with Gasteiger partial charge >= 0.3 is 0 Å². The van der Waals surface area contributed by atoms with Crippen molar-refractivity contribution in [3.05, 3.63) is 35.4 Å². The Bertz CT molecular complexity index is 454. The van der Waals surface area contributed by atoms with Crippen LogP contribution >= 0.6 is 0 Å². The molecule has 0 atom stereocenters. The van der Waals surface area contributed by atoms with Crippen molar-refractivity contribution in [3.8, 4) is 0 Å². The van der Waals surface area contributed by atoms with Gasteiger partial charge in [0, 0.05) is 12.0 Å². The van der Waals surface area contributed by atoms with E-state index in [1.54, 1.807) is 11.1 Å². The van der Waals surface area contributed by atoms with E-state index in [4.69, 9.17) is 5.73 Å². The molecule has 3 rings (SSSR count). The van der Waals surface area contributed by atoms with Gasteiger partial charge in [-0.1, -0.05) is 43.5 Å². The monoisotopic (exact) mass is 286 g/mol. The van der Waals surface area contributed by atoms with Gasteiger partial charge in [0.25, 0.3) is 0 Å². The fourth-order valence-corrected chi connectivity index (χ4v) is 4.47. The van der Waals surface area contributed by atoms with Crippen molar-refractivity contribution in [1.29, 1.82) is 0 Å². The molecule has 1 aromatic carbocycles. The molecule has 0 spiro atoms. The maximum Gasteiger partial charge on any atom is 0.00783 e. The van der Waals surface area contributed by atoms with E-state index in [0.717, 1.165) is 12.5 Å². The van der Waals surface area contributed by atoms with Gasteiger partial charge < -0.3 is 10.6 Å². The minimum atomic E-state index is 0.262. The van der Waals surface area contributed by atoms with Crippen molar-refractivity contribution >= 4 is 0 Å². The van der Waals surface area contributed by atoms with Gasteiger partial charge in [-0.25, -0.2) is 0 Å². The molecular formula is C19H30N2. The summed E-state index contributed by atoms with van der Waals surface area (Å²) in [4.78, 5) is 2.46. The lowest BCUT2D eigenvalue weighted by atomic mass is 9.66. The van der Waals surface area contributed by atoms with E-state index < -0.39 is 0 Å². The predicted molar refractivity (Wildman–Crippen MR) is 89.7 cm³/mol. The first-order valence-electron chi connectivity index (χ1n) is 8.73. The molecule has 1 saturated heterocycles. The minimum Gasteiger partial charge on any atom is -0.330 e. The highest BCUT2D eigenvalue weighted by Gasteiger charge is 2.35. The van der Waals surface area contributed by atoms with Crippen LogP contribution in [0.5, 0.6) is 0 Å². The second kappa shape index (κ2) is 6.50. The van der Waals surface area contributed by atoms with E-state index in [2.05, 4.69) is 36.2 Å². The lowest BCUT2D eigenvalue weighted by Crippen LogP contribution is -2.39. The van der Waals surface area contributed by atoms with Crippen molar-refractivity contribution in [3.63, 3.8) is 0 Å². The Labute approximate surface area is 129 Å². The summed E-state index contributed by atoms with van der Waals surface area (Å²) in [5, 5.41) is 0. The standard InChI is InChI=1S/C19H30N2/c1-21-13-9-16(10-14-21)17-7-3-4-8-18(17)19(15-20)11-5-2-6-12-19/h3-4,7-8,16H,2,5-6,9-15,20H2,1H3.